The zero-order valence-electron chi connectivity index (χ0n) is 15.7. The largest absolute Gasteiger partial charge is 0.496 e. The van der Waals surface area contributed by atoms with Crippen molar-refractivity contribution < 1.29 is 28.9 Å². The summed E-state index contributed by atoms with van der Waals surface area (Å²) < 4.78 is 15.7. The van der Waals surface area contributed by atoms with Crippen LogP contribution in [0.25, 0.3) is 0 Å². The molecule has 3 rings (SSSR count). The highest BCUT2D eigenvalue weighted by Gasteiger charge is 2.27. The molecule has 8 heteroatoms. The number of carbonyl (C=O) groups excluding carboxylic acids is 2. The fourth-order valence-corrected chi connectivity index (χ4v) is 2.77. The topological polar surface area (TPSA) is 106 Å². The fraction of sp³-hybridized carbons (Fsp3) is 0.300. The molecule has 0 saturated carbocycles. The molecule has 2 aromatic carbocycles. The van der Waals surface area contributed by atoms with Crippen LogP contribution in [0.2, 0.25) is 0 Å². The first-order chi connectivity index (χ1) is 13.4. The Bertz CT molecular complexity index is 881. The summed E-state index contributed by atoms with van der Waals surface area (Å²) >= 11 is 0. The second kappa shape index (κ2) is 8.18. The Labute approximate surface area is 162 Å². The molecule has 8 nitrogen and oxygen atoms in total. The predicted molar refractivity (Wildman–Crippen MR) is 100.0 cm³/mol. The summed E-state index contributed by atoms with van der Waals surface area (Å²) in [5, 5.41) is 15.6. The van der Waals surface area contributed by atoms with E-state index in [2.05, 4.69) is 10.6 Å². The molecular weight excluding hydrogens is 364 g/mol. The minimum atomic E-state index is -1.39. The average Bonchev–Trinajstić information content (AvgIpc) is 3.18. The van der Waals surface area contributed by atoms with Gasteiger partial charge in [-0.2, -0.15) is 0 Å². The molecule has 3 N–H and O–H groups in total. The lowest BCUT2D eigenvalue weighted by atomic mass is 9.95. The van der Waals surface area contributed by atoms with Gasteiger partial charge in [-0.25, -0.2) is 0 Å². The standard InChI is InChI=1S/C20H22N2O6/c1-20(25,14-7-8-16-17(9-14)28-12-27-16)11-22-19(24)18(23)21-10-13-5-3-4-6-15(13)26-2/h3-9,25H,10-12H2,1-2H3,(H,21,23)(H,22,24). The Kier molecular flexibility index (Phi) is 5.70. The monoisotopic (exact) mass is 386 g/mol. The lowest BCUT2D eigenvalue weighted by molar-refractivity contribution is -0.139. The van der Waals surface area contributed by atoms with E-state index < -0.39 is 17.4 Å². The normalized spacial score (nSPS) is 14.1. The molecule has 1 unspecified atom stereocenters. The van der Waals surface area contributed by atoms with Crippen LogP contribution in [0.15, 0.2) is 42.5 Å². The van der Waals surface area contributed by atoms with Crippen LogP contribution in [0.5, 0.6) is 17.2 Å². The second-order valence-electron chi connectivity index (χ2n) is 6.52. The maximum atomic E-state index is 12.1. The lowest BCUT2D eigenvalue weighted by Gasteiger charge is -2.24. The molecule has 1 aliphatic rings. The van der Waals surface area contributed by atoms with Gasteiger partial charge >= 0.3 is 11.8 Å². The van der Waals surface area contributed by atoms with E-state index in [-0.39, 0.29) is 19.9 Å². The summed E-state index contributed by atoms with van der Waals surface area (Å²) in [6, 6.07) is 12.2. The number of hydrogen-bond donors (Lipinski definition) is 3. The van der Waals surface area contributed by atoms with Crippen molar-refractivity contribution in [1.82, 2.24) is 10.6 Å². The van der Waals surface area contributed by atoms with E-state index in [1.807, 2.05) is 12.1 Å². The van der Waals surface area contributed by atoms with Crippen molar-refractivity contribution in [1.29, 1.82) is 0 Å². The van der Waals surface area contributed by atoms with Gasteiger partial charge in [0.1, 0.15) is 11.4 Å². The van der Waals surface area contributed by atoms with Gasteiger partial charge in [0.25, 0.3) is 0 Å². The summed E-state index contributed by atoms with van der Waals surface area (Å²) in [6.45, 7) is 1.67. The van der Waals surface area contributed by atoms with Gasteiger partial charge < -0.3 is 30.0 Å². The van der Waals surface area contributed by atoms with E-state index >= 15 is 0 Å². The predicted octanol–water partition coefficient (Wildman–Crippen LogP) is 1.06. The quantitative estimate of drug-likeness (QED) is 0.641. The molecule has 0 aromatic heterocycles. The molecule has 1 aliphatic heterocycles. The van der Waals surface area contributed by atoms with E-state index in [4.69, 9.17) is 14.2 Å². The first-order valence-electron chi connectivity index (χ1n) is 8.71. The van der Waals surface area contributed by atoms with Crippen LogP contribution in [0, 0.1) is 0 Å². The van der Waals surface area contributed by atoms with Crippen LogP contribution < -0.4 is 24.8 Å². The number of benzene rings is 2. The van der Waals surface area contributed by atoms with E-state index in [1.54, 1.807) is 30.3 Å². The van der Waals surface area contributed by atoms with Crippen molar-refractivity contribution in [2.24, 2.45) is 0 Å². The second-order valence-corrected chi connectivity index (χ2v) is 6.52. The molecule has 2 amide bonds. The van der Waals surface area contributed by atoms with Crippen molar-refractivity contribution in [3.8, 4) is 17.2 Å². The zero-order chi connectivity index (χ0) is 20.1. The number of amides is 2. The maximum absolute atomic E-state index is 12.1. The van der Waals surface area contributed by atoms with Crippen LogP contribution in [-0.2, 0) is 21.7 Å². The van der Waals surface area contributed by atoms with Crippen molar-refractivity contribution in [2.75, 3.05) is 20.4 Å². The third-order valence-corrected chi connectivity index (χ3v) is 4.43. The molecule has 0 spiro atoms. The molecule has 0 bridgehead atoms. The fourth-order valence-electron chi connectivity index (χ4n) is 2.77. The van der Waals surface area contributed by atoms with Gasteiger partial charge in [0.05, 0.1) is 13.7 Å². The van der Waals surface area contributed by atoms with Gasteiger partial charge in [-0.3, -0.25) is 9.59 Å². The summed E-state index contributed by atoms with van der Waals surface area (Å²) in [6.07, 6.45) is 0. The number of para-hydroxylation sites is 1. The Morgan fingerprint density at radius 3 is 2.61 bits per heavy atom. The van der Waals surface area contributed by atoms with Gasteiger partial charge in [-0.05, 0) is 30.7 Å². The molecule has 2 aromatic rings. The van der Waals surface area contributed by atoms with E-state index in [0.717, 1.165) is 5.56 Å². The van der Waals surface area contributed by atoms with Crippen LogP contribution in [0.3, 0.4) is 0 Å². The summed E-state index contributed by atoms with van der Waals surface area (Å²) in [5.41, 5.74) is -0.107. The van der Waals surface area contributed by atoms with E-state index in [9.17, 15) is 14.7 Å². The lowest BCUT2D eigenvalue weighted by Crippen LogP contribution is -2.45. The van der Waals surface area contributed by atoms with Gasteiger partial charge in [0, 0.05) is 12.1 Å². The Hall–Kier alpha value is -3.26. The maximum Gasteiger partial charge on any atom is 0.309 e. The average molecular weight is 386 g/mol. The summed E-state index contributed by atoms with van der Waals surface area (Å²) in [4.78, 5) is 24.1. The highest BCUT2D eigenvalue weighted by atomic mass is 16.7. The third kappa shape index (κ3) is 4.34. The number of ether oxygens (including phenoxy) is 3. The summed E-state index contributed by atoms with van der Waals surface area (Å²) in [7, 11) is 1.53. The van der Waals surface area contributed by atoms with Crippen LogP contribution >= 0.6 is 0 Å². The number of nitrogens with one attached hydrogen (secondary N) is 2. The molecule has 0 radical (unpaired) electrons. The number of hydrogen-bond acceptors (Lipinski definition) is 6. The zero-order valence-corrected chi connectivity index (χ0v) is 15.7. The molecular formula is C20H22N2O6. The van der Waals surface area contributed by atoms with E-state index in [1.165, 1.54) is 14.0 Å². The first kappa shape index (κ1) is 19.5. The molecule has 1 atom stereocenters. The van der Waals surface area contributed by atoms with Crippen LogP contribution in [-0.4, -0.2) is 37.4 Å². The highest BCUT2D eigenvalue weighted by Crippen LogP contribution is 2.35. The summed E-state index contributed by atoms with van der Waals surface area (Å²) in [5.74, 6) is 0.107. The molecule has 28 heavy (non-hydrogen) atoms. The highest BCUT2D eigenvalue weighted by molar-refractivity contribution is 6.35. The van der Waals surface area contributed by atoms with E-state index in [0.29, 0.717) is 22.8 Å². The van der Waals surface area contributed by atoms with Crippen molar-refractivity contribution in [3.63, 3.8) is 0 Å². The van der Waals surface area contributed by atoms with Gasteiger partial charge in [-0.1, -0.05) is 24.3 Å². The smallest absolute Gasteiger partial charge is 0.309 e. The molecule has 0 fully saturated rings. The molecule has 148 valence electrons. The first-order valence-corrected chi connectivity index (χ1v) is 8.71. The number of aliphatic hydroxyl groups is 1. The van der Waals surface area contributed by atoms with Crippen LogP contribution in [0.4, 0.5) is 0 Å². The van der Waals surface area contributed by atoms with Crippen LogP contribution in [0.1, 0.15) is 18.1 Å². The van der Waals surface area contributed by atoms with Gasteiger partial charge in [0.2, 0.25) is 6.79 Å². The number of carbonyl (C=O) groups is 2. The Morgan fingerprint density at radius 1 is 1.11 bits per heavy atom. The SMILES string of the molecule is COc1ccccc1CNC(=O)C(=O)NCC(C)(O)c1ccc2c(c1)OCO2. The molecule has 0 aliphatic carbocycles. The minimum Gasteiger partial charge on any atom is -0.496 e. The minimum absolute atomic E-state index is 0.129. The number of rotatable bonds is 6. The molecule has 0 saturated heterocycles. The number of methoxy groups -OCH3 is 1. The van der Waals surface area contributed by atoms with Crippen molar-refractivity contribution in [3.05, 3.63) is 53.6 Å². The third-order valence-electron chi connectivity index (χ3n) is 4.43. The number of fused-ring (bicyclic) bond motifs is 1. The van der Waals surface area contributed by atoms with Crippen molar-refractivity contribution >= 4 is 11.8 Å². The molecule has 1 heterocycles. The van der Waals surface area contributed by atoms with Crippen molar-refractivity contribution in [2.45, 2.75) is 19.1 Å². The van der Waals surface area contributed by atoms with Gasteiger partial charge in [0.15, 0.2) is 11.5 Å². The Morgan fingerprint density at radius 2 is 1.82 bits per heavy atom. The Balaban J connectivity index is 1.54. The van der Waals surface area contributed by atoms with Gasteiger partial charge in [-0.15, -0.1) is 0 Å².